The zero-order chi connectivity index (χ0) is 28.3. The van der Waals surface area contributed by atoms with Crippen LogP contribution in [0.2, 0.25) is 0 Å². The van der Waals surface area contributed by atoms with E-state index in [1.165, 1.54) is 25.1 Å². The molecule has 0 aliphatic heterocycles. The summed E-state index contributed by atoms with van der Waals surface area (Å²) in [5, 5.41) is 48.3. The molecule has 0 radical (unpaired) electrons. The van der Waals surface area contributed by atoms with E-state index in [9.17, 15) is 34.8 Å². The van der Waals surface area contributed by atoms with Crippen molar-refractivity contribution in [2.24, 2.45) is 16.9 Å². The number of aliphatic hydroxyl groups excluding tert-OH is 1. The molecule has 0 bridgehead atoms. The van der Waals surface area contributed by atoms with Gasteiger partial charge in [-0.05, 0) is 13.0 Å². The van der Waals surface area contributed by atoms with Crippen molar-refractivity contribution in [1.29, 1.82) is 0 Å². The SMILES string of the molecule is CC(=O)O[C@@H]1C2=C(c3c(c(O)c4c(O)cccc4c3O)C2=NN)[C@H](O)[C@@H](OC(C)=O)[C@]1(C)OC(=O)C(C)C. The van der Waals surface area contributed by atoms with E-state index in [0.717, 1.165) is 13.8 Å². The van der Waals surface area contributed by atoms with E-state index >= 15 is 0 Å². The van der Waals surface area contributed by atoms with Crippen molar-refractivity contribution in [3.63, 3.8) is 0 Å². The average molecular weight is 529 g/mol. The number of rotatable bonds is 4. The standard InChI is InChI=1S/C26H28N2O10/c1-9(2)25(35)38-26(5)23(36-10(3)29)18-16(22(34)24(26)37-11(4)30)15-17(19(18)28-27)21(33)14-12(20(15)32)7-6-8-13(14)31/h6-9,22-24,31-34H,27H2,1-5H3/t22-,23+,24+,26+/m0/s1. The number of benzene rings is 2. The smallest absolute Gasteiger partial charge is 0.309 e. The lowest BCUT2D eigenvalue weighted by atomic mass is 9.74. The number of carbonyl (C=O) groups is 3. The van der Waals surface area contributed by atoms with Crippen molar-refractivity contribution in [1.82, 2.24) is 0 Å². The Kier molecular flexibility index (Phi) is 6.48. The number of phenolic OH excluding ortho intramolecular Hbond substituents is 3. The summed E-state index contributed by atoms with van der Waals surface area (Å²) in [4.78, 5) is 37.2. The minimum Gasteiger partial charge on any atom is -0.507 e. The van der Waals surface area contributed by atoms with Crippen LogP contribution in [0.5, 0.6) is 17.2 Å². The first kappa shape index (κ1) is 26.7. The Hall–Kier alpha value is -4.32. The summed E-state index contributed by atoms with van der Waals surface area (Å²) in [5.74, 6) is 1.33. The number of phenols is 3. The molecule has 2 aliphatic rings. The largest absolute Gasteiger partial charge is 0.507 e. The minimum atomic E-state index is -2.00. The molecule has 2 aromatic carbocycles. The van der Waals surface area contributed by atoms with Crippen LogP contribution in [0, 0.1) is 5.92 Å². The number of aromatic hydroxyl groups is 3. The second-order valence-corrected chi connectivity index (χ2v) is 9.68. The van der Waals surface area contributed by atoms with Gasteiger partial charge >= 0.3 is 17.9 Å². The van der Waals surface area contributed by atoms with Crippen molar-refractivity contribution in [2.75, 3.05) is 0 Å². The number of carbonyl (C=O) groups excluding carboxylic acids is 3. The Labute approximate surface area is 216 Å². The molecule has 0 spiro atoms. The van der Waals surface area contributed by atoms with Crippen LogP contribution >= 0.6 is 0 Å². The first-order chi connectivity index (χ1) is 17.8. The molecule has 4 rings (SSSR count). The monoisotopic (exact) mass is 528 g/mol. The second-order valence-electron chi connectivity index (χ2n) is 9.68. The molecule has 12 heteroatoms. The Bertz CT molecular complexity index is 1440. The van der Waals surface area contributed by atoms with Crippen LogP contribution in [0.1, 0.15) is 45.7 Å². The van der Waals surface area contributed by atoms with E-state index in [2.05, 4.69) is 5.10 Å². The number of hydrazone groups is 1. The first-order valence-corrected chi connectivity index (χ1v) is 11.7. The van der Waals surface area contributed by atoms with E-state index < -0.39 is 59.2 Å². The Morgan fingerprint density at radius 2 is 1.63 bits per heavy atom. The summed E-state index contributed by atoms with van der Waals surface area (Å²) in [6.45, 7) is 6.62. The van der Waals surface area contributed by atoms with Gasteiger partial charge in [-0.15, -0.1) is 0 Å². The molecule has 0 aromatic heterocycles. The van der Waals surface area contributed by atoms with Crippen LogP contribution in [-0.2, 0) is 28.6 Å². The first-order valence-electron chi connectivity index (χ1n) is 11.7. The van der Waals surface area contributed by atoms with Gasteiger partial charge in [0, 0.05) is 35.9 Å². The number of nitrogens with two attached hydrogens (primary N) is 1. The molecule has 0 unspecified atom stereocenters. The van der Waals surface area contributed by atoms with Gasteiger partial charge in [-0.2, -0.15) is 5.10 Å². The molecule has 38 heavy (non-hydrogen) atoms. The summed E-state index contributed by atoms with van der Waals surface area (Å²) in [6.07, 6.45) is -4.96. The molecule has 0 heterocycles. The van der Waals surface area contributed by atoms with Crippen molar-refractivity contribution >= 4 is 40.0 Å². The van der Waals surface area contributed by atoms with Gasteiger partial charge in [0.15, 0.2) is 17.8 Å². The molecule has 0 saturated heterocycles. The zero-order valence-corrected chi connectivity index (χ0v) is 21.3. The molecular weight excluding hydrogens is 500 g/mol. The lowest BCUT2D eigenvalue weighted by molar-refractivity contribution is -0.217. The molecule has 4 atom stereocenters. The van der Waals surface area contributed by atoms with Crippen LogP contribution in [0.3, 0.4) is 0 Å². The number of ether oxygens (including phenoxy) is 3. The molecule has 0 amide bonds. The van der Waals surface area contributed by atoms with Crippen molar-refractivity contribution in [2.45, 2.75) is 58.5 Å². The summed E-state index contributed by atoms with van der Waals surface area (Å²) < 4.78 is 16.8. The van der Waals surface area contributed by atoms with Gasteiger partial charge < -0.3 is 40.5 Å². The number of nitrogens with zero attached hydrogens (tertiary/aromatic N) is 1. The maximum atomic E-state index is 12.8. The molecule has 202 valence electrons. The van der Waals surface area contributed by atoms with E-state index in [4.69, 9.17) is 20.1 Å². The van der Waals surface area contributed by atoms with Crippen LogP contribution in [0.15, 0.2) is 28.9 Å². The zero-order valence-electron chi connectivity index (χ0n) is 21.3. The lowest BCUT2D eigenvalue weighted by Gasteiger charge is -2.47. The Balaban J connectivity index is 2.12. The van der Waals surface area contributed by atoms with Gasteiger partial charge in [0.2, 0.25) is 0 Å². The van der Waals surface area contributed by atoms with E-state index in [0.29, 0.717) is 0 Å². The molecule has 0 fully saturated rings. The van der Waals surface area contributed by atoms with Gasteiger partial charge in [0.05, 0.1) is 16.9 Å². The predicted molar refractivity (Wildman–Crippen MR) is 133 cm³/mol. The summed E-state index contributed by atoms with van der Waals surface area (Å²) >= 11 is 0. The fourth-order valence-corrected chi connectivity index (χ4v) is 5.13. The van der Waals surface area contributed by atoms with Crippen LogP contribution in [-0.4, -0.2) is 68.0 Å². The van der Waals surface area contributed by atoms with Gasteiger partial charge in [-0.1, -0.05) is 26.0 Å². The Morgan fingerprint density at radius 3 is 2.18 bits per heavy atom. The predicted octanol–water partition coefficient (Wildman–Crippen LogP) is 1.58. The van der Waals surface area contributed by atoms with Gasteiger partial charge in [0.25, 0.3) is 0 Å². The highest BCUT2D eigenvalue weighted by Gasteiger charge is 2.62. The van der Waals surface area contributed by atoms with Crippen molar-refractivity contribution in [3.05, 3.63) is 34.9 Å². The number of aliphatic hydroxyl groups is 1. The van der Waals surface area contributed by atoms with E-state index in [-0.39, 0.29) is 44.5 Å². The van der Waals surface area contributed by atoms with Crippen LogP contribution in [0.4, 0.5) is 0 Å². The third kappa shape index (κ3) is 3.79. The second kappa shape index (κ2) is 9.21. The summed E-state index contributed by atoms with van der Waals surface area (Å²) in [5.41, 5.74) is -2.68. The Morgan fingerprint density at radius 1 is 1.00 bits per heavy atom. The lowest BCUT2D eigenvalue weighted by Crippen LogP contribution is -2.63. The minimum absolute atomic E-state index is 0.0335. The highest BCUT2D eigenvalue weighted by molar-refractivity contribution is 6.29. The molecular formula is C26H28N2O10. The molecule has 2 aliphatic carbocycles. The van der Waals surface area contributed by atoms with Crippen molar-refractivity contribution < 1.29 is 49.0 Å². The molecule has 6 N–H and O–H groups in total. The highest BCUT2D eigenvalue weighted by Crippen LogP contribution is 2.56. The van der Waals surface area contributed by atoms with E-state index in [1.807, 2.05) is 0 Å². The van der Waals surface area contributed by atoms with Gasteiger partial charge in [0.1, 0.15) is 29.1 Å². The third-order valence-electron chi connectivity index (χ3n) is 6.74. The average Bonchev–Trinajstić information content (AvgIpc) is 3.18. The number of fused-ring (bicyclic) bond motifs is 3. The number of hydrogen-bond acceptors (Lipinski definition) is 12. The quantitative estimate of drug-likeness (QED) is 0.127. The van der Waals surface area contributed by atoms with Crippen molar-refractivity contribution in [3.8, 4) is 17.2 Å². The number of hydrogen-bond donors (Lipinski definition) is 5. The molecule has 2 aromatic rings. The van der Waals surface area contributed by atoms with Gasteiger partial charge in [-0.3, -0.25) is 14.4 Å². The molecule has 12 nitrogen and oxygen atoms in total. The third-order valence-corrected chi connectivity index (χ3v) is 6.74. The maximum Gasteiger partial charge on any atom is 0.309 e. The van der Waals surface area contributed by atoms with Gasteiger partial charge in [-0.25, -0.2) is 0 Å². The number of esters is 3. The van der Waals surface area contributed by atoms with Crippen LogP contribution < -0.4 is 5.84 Å². The van der Waals surface area contributed by atoms with E-state index in [1.54, 1.807) is 13.8 Å². The maximum absolute atomic E-state index is 12.8. The normalized spacial score (nSPS) is 25.3. The van der Waals surface area contributed by atoms with Crippen LogP contribution in [0.25, 0.3) is 16.3 Å². The fraction of sp³-hybridized carbons (Fsp3) is 0.385. The summed E-state index contributed by atoms with van der Waals surface area (Å²) in [7, 11) is 0. The topological polar surface area (TPSA) is 198 Å². The fourth-order valence-electron chi connectivity index (χ4n) is 5.13. The molecule has 0 saturated carbocycles. The summed E-state index contributed by atoms with van der Waals surface area (Å²) in [6, 6.07) is 4.17. The highest BCUT2D eigenvalue weighted by atomic mass is 16.6.